The van der Waals surface area contributed by atoms with Crippen LogP contribution < -0.4 is 10.2 Å². The van der Waals surface area contributed by atoms with Crippen molar-refractivity contribution in [2.45, 2.75) is 70.3 Å². The Morgan fingerprint density at radius 1 is 0.875 bits per heavy atom. The van der Waals surface area contributed by atoms with Crippen molar-refractivity contribution in [3.8, 4) is 0 Å². The highest BCUT2D eigenvalue weighted by atomic mass is 15.2. The van der Waals surface area contributed by atoms with E-state index in [1.807, 2.05) is 0 Å². The van der Waals surface area contributed by atoms with Crippen LogP contribution in [0.15, 0.2) is 48.5 Å². The fourth-order valence-corrected chi connectivity index (χ4v) is 5.41. The number of nitrogens with one attached hydrogen (secondary N) is 1. The second-order valence-electron chi connectivity index (χ2n) is 11.8. The van der Waals surface area contributed by atoms with Crippen LogP contribution in [0.25, 0.3) is 0 Å². The molecule has 4 rings (SSSR count). The lowest BCUT2D eigenvalue weighted by atomic mass is 9.77. The minimum atomic E-state index is 0.155. The fraction of sp³-hybridized carbons (Fsp3) is 0.586. The van der Waals surface area contributed by atoms with Crippen LogP contribution in [0.2, 0.25) is 0 Å². The molecule has 32 heavy (non-hydrogen) atoms. The zero-order valence-corrected chi connectivity index (χ0v) is 21.1. The van der Waals surface area contributed by atoms with Gasteiger partial charge in [-0.05, 0) is 65.5 Å². The molecule has 3 heteroatoms. The molecule has 0 bridgehead atoms. The van der Waals surface area contributed by atoms with Crippen LogP contribution in [0.5, 0.6) is 0 Å². The largest absolute Gasteiger partial charge is 0.369 e. The number of piperazine rings is 1. The Bertz CT molecular complexity index is 903. The topological polar surface area (TPSA) is 18.5 Å². The Labute approximate surface area is 196 Å². The van der Waals surface area contributed by atoms with E-state index in [0.29, 0.717) is 12.0 Å². The van der Waals surface area contributed by atoms with E-state index in [2.05, 4.69) is 105 Å². The third-order valence-corrected chi connectivity index (χ3v) is 7.70. The van der Waals surface area contributed by atoms with Crippen LogP contribution in [-0.2, 0) is 10.8 Å². The molecule has 0 aromatic heterocycles. The fourth-order valence-electron chi connectivity index (χ4n) is 5.41. The first-order valence-corrected chi connectivity index (χ1v) is 12.5. The van der Waals surface area contributed by atoms with E-state index in [-0.39, 0.29) is 10.8 Å². The molecule has 174 valence electrons. The van der Waals surface area contributed by atoms with E-state index >= 15 is 0 Å². The normalized spacial score (nSPS) is 23.0. The number of nitrogens with zero attached hydrogens (tertiary/aromatic N) is 2. The molecule has 2 aliphatic rings. The molecule has 2 saturated heterocycles. The van der Waals surface area contributed by atoms with E-state index in [9.17, 15) is 0 Å². The zero-order chi connectivity index (χ0) is 22.9. The monoisotopic (exact) mass is 433 g/mol. The lowest BCUT2D eigenvalue weighted by Gasteiger charge is -2.35. The Morgan fingerprint density at radius 3 is 2.28 bits per heavy atom. The predicted octanol–water partition coefficient (Wildman–Crippen LogP) is 5.55. The van der Waals surface area contributed by atoms with E-state index in [1.54, 1.807) is 0 Å². The molecule has 0 radical (unpaired) electrons. The first-order valence-electron chi connectivity index (χ1n) is 12.5. The number of hydrogen-bond donors (Lipinski definition) is 1. The summed E-state index contributed by atoms with van der Waals surface area (Å²) in [6.45, 7) is 17.4. The van der Waals surface area contributed by atoms with Crippen LogP contribution >= 0.6 is 0 Å². The van der Waals surface area contributed by atoms with Gasteiger partial charge in [0.1, 0.15) is 0 Å². The van der Waals surface area contributed by atoms with Crippen molar-refractivity contribution >= 4 is 5.69 Å². The summed E-state index contributed by atoms with van der Waals surface area (Å²) < 4.78 is 0. The first-order chi connectivity index (χ1) is 15.1. The Kier molecular flexibility index (Phi) is 6.70. The summed E-state index contributed by atoms with van der Waals surface area (Å²) in [5.41, 5.74) is 6.16. The zero-order valence-electron chi connectivity index (χ0n) is 21.1. The van der Waals surface area contributed by atoms with Gasteiger partial charge in [-0.2, -0.15) is 0 Å². The van der Waals surface area contributed by atoms with Gasteiger partial charge in [-0.1, -0.05) is 71.0 Å². The molecule has 1 N–H and O–H groups in total. The van der Waals surface area contributed by atoms with Gasteiger partial charge in [0.25, 0.3) is 0 Å². The van der Waals surface area contributed by atoms with Crippen LogP contribution in [0.3, 0.4) is 0 Å². The van der Waals surface area contributed by atoms with Crippen LogP contribution in [-0.4, -0.2) is 50.7 Å². The van der Waals surface area contributed by atoms with Crippen LogP contribution in [0, 0.1) is 0 Å². The first kappa shape index (κ1) is 23.3. The lowest BCUT2D eigenvalue weighted by Crippen LogP contribution is -2.44. The van der Waals surface area contributed by atoms with Gasteiger partial charge in [-0.25, -0.2) is 0 Å². The maximum Gasteiger partial charge on any atom is 0.0370 e. The van der Waals surface area contributed by atoms with Gasteiger partial charge in [0.05, 0.1) is 0 Å². The average Bonchev–Trinajstić information content (AvgIpc) is 3.22. The summed E-state index contributed by atoms with van der Waals surface area (Å²) in [4.78, 5) is 4.97. The standard InChI is InChI=1S/C29H43N3/c1-28(2,3)24-10-7-9-22(17-24)23-18-26(30-21-23)20-29(4,5)25-11-8-12-27(19-25)32-15-13-31(6)14-16-32/h7-12,17,19,23,26,30H,13-16,18,20-21H2,1-6H3. The van der Waals surface area contributed by atoms with E-state index in [0.717, 1.165) is 32.7 Å². The number of hydrogen-bond acceptors (Lipinski definition) is 3. The van der Waals surface area contributed by atoms with E-state index in [1.165, 1.54) is 35.2 Å². The summed E-state index contributed by atoms with van der Waals surface area (Å²) in [5, 5.41) is 3.86. The second-order valence-corrected chi connectivity index (χ2v) is 11.8. The van der Waals surface area contributed by atoms with Gasteiger partial charge < -0.3 is 15.1 Å². The SMILES string of the molecule is CN1CCN(c2cccc(C(C)(C)CC3CC(c4cccc(C(C)(C)C)c4)CN3)c2)CC1. The molecule has 2 aromatic carbocycles. The van der Waals surface area contributed by atoms with Crippen molar-refractivity contribution in [1.29, 1.82) is 0 Å². The third kappa shape index (κ3) is 5.38. The Balaban J connectivity index is 1.42. The molecule has 3 nitrogen and oxygen atoms in total. The minimum Gasteiger partial charge on any atom is -0.369 e. The molecule has 2 heterocycles. The molecule has 2 unspecified atom stereocenters. The van der Waals surface area contributed by atoms with E-state index in [4.69, 9.17) is 0 Å². The molecule has 0 saturated carbocycles. The van der Waals surface area contributed by atoms with Crippen molar-refractivity contribution in [3.05, 3.63) is 65.2 Å². The molecule has 2 aromatic rings. The van der Waals surface area contributed by atoms with Gasteiger partial charge >= 0.3 is 0 Å². The van der Waals surface area contributed by atoms with Gasteiger partial charge in [0, 0.05) is 44.5 Å². The summed E-state index contributed by atoms with van der Waals surface area (Å²) >= 11 is 0. The Hall–Kier alpha value is -1.84. The van der Waals surface area contributed by atoms with Crippen molar-refractivity contribution in [2.24, 2.45) is 0 Å². The molecule has 2 fully saturated rings. The van der Waals surface area contributed by atoms with Crippen LogP contribution in [0.4, 0.5) is 5.69 Å². The van der Waals surface area contributed by atoms with Gasteiger partial charge in [-0.3, -0.25) is 0 Å². The highest BCUT2D eigenvalue weighted by Gasteiger charge is 2.32. The number of likely N-dealkylation sites (N-methyl/N-ethyl adjacent to an activating group) is 1. The predicted molar refractivity (Wildman–Crippen MR) is 138 cm³/mol. The molecule has 0 spiro atoms. The van der Waals surface area contributed by atoms with Crippen LogP contribution in [0.1, 0.15) is 70.1 Å². The molecule has 0 amide bonds. The molecule has 0 aliphatic carbocycles. The number of anilines is 1. The molecule has 2 aliphatic heterocycles. The Morgan fingerprint density at radius 2 is 1.56 bits per heavy atom. The van der Waals surface area contributed by atoms with Crippen molar-refractivity contribution in [3.63, 3.8) is 0 Å². The summed E-state index contributed by atoms with van der Waals surface area (Å²) in [6.07, 6.45) is 2.41. The highest BCUT2D eigenvalue weighted by molar-refractivity contribution is 5.50. The summed E-state index contributed by atoms with van der Waals surface area (Å²) in [6, 6.07) is 19.2. The minimum absolute atomic E-state index is 0.155. The van der Waals surface area contributed by atoms with Gasteiger partial charge in [0.15, 0.2) is 0 Å². The van der Waals surface area contributed by atoms with E-state index < -0.39 is 0 Å². The van der Waals surface area contributed by atoms with Crippen molar-refractivity contribution in [1.82, 2.24) is 10.2 Å². The number of rotatable bonds is 5. The maximum absolute atomic E-state index is 3.86. The highest BCUT2D eigenvalue weighted by Crippen LogP contribution is 2.36. The molecule has 2 atom stereocenters. The van der Waals surface area contributed by atoms with Gasteiger partial charge in [0.2, 0.25) is 0 Å². The maximum atomic E-state index is 3.86. The summed E-state index contributed by atoms with van der Waals surface area (Å²) in [5.74, 6) is 0.620. The number of benzene rings is 2. The second kappa shape index (κ2) is 9.19. The average molecular weight is 434 g/mol. The van der Waals surface area contributed by atoms with Crippen molar-refractivity contribution in [2.75, 3.05) is 44.7 Å². The van der Waals surface area contributed by atoms with Gasteiger partial charge in [-0.15, -0.1) is 0 Å². The third-order valence-electron chi connectivity index (χ3n) is 7.70. The quantitative estimate of drug-likeness (QED) is 0.667. The molecular weight excluding hydrogens is 390 g/mol. The smallest absolute Gasteiger partial charge is 0.0370 e. The summed E-state index contributed by atoms with van der Waals surface area (Å²) in [7, 11) is 2.22. The van der Waals surface area contributed by atoms with Crippen molar-refractivity contribution < 1.29 is 0 Å². The lowest BCUT2D eigenvalue weighted by molar-refractivity contribution is 0.312. The molecular formula is C29H43N3.